The van der Waals surface area contributed by atoms with Crippen molar-refractivity contribution in [3.8, 4) is 0 Å². The number of fused-ring (bicyclic) bond motifs is 3. The molecule has 0 aliphatic carbocycles. The second-order valence-electron chi connectivity index (χ2n) is 3.28. The van der Waals surface area contributed by atoms with E-state index >= 15 is 0 Å². The van der Waals surface area contributed by atoms with Crippen molar-refractivity contribution in [3.05, 3.63) is 30.4 Å². The van der Waals surface area contributed by atoms with Crippen LogP contribution in [0.2, 0.25) is 0 Å². The summed E-state index contributed by atoms with van der Waals surface area (Å²) in [7, 11) is 0. The van der Waals surface area contributed by atoms with Crippen LogP contribution in [0, 0.1) is 0 Å². The Kier molecular flexibility index (Phi) is 1.61. The summed E-state index contributed by atoms with van der Waals surface area (Å²) in [6, 6.07) is 2.34. The first-order chi connectivity index (χ1) is 7.57. The molecule has 2 aromatic heterocycles. The van der Waals surface area contributed by atoms with Crippen LogP contribution in [0.25, 0.3) is 22.1 Å². The highest BCUT2D eigenvalue weighted by Gasteiger charge is 2.35. The van der Waals surface area contributed by atoms with E-state index in [1.165, 1.54) is 12.3 Å². The third-order valence-electron chi connectivity index (χ3n) is 2.34. The Hall–Kier alpha value is -1.98. The number of alkyl halides is 3. The fourth-order valence-electron chi connectivity index (χ4n) is 1.67. The van der Waals surface area contributed by atoms with Gasteiger partial charge in [-0.3, -0.25) is 0 Å². The maximum absolute atomic E-state index is 12.7. The van der Waals surface area contributed by atoms with E-state index in [0.29, 0.717) is 10.9 Å². The first-order valence-corrected chi connectivity index (χ1v) is 4.38. The SMILES string of the molecule is FC(F)(F)c1cc2ocnc2c2ccoc12. The van der Waals surface area contributed by atoms with Gasteiger partial charge in [0.15, 0.2) is 12.0 Å². The molecule has 16 heavy (non-hydrogen) atoms. The summed E-state index contributed by atoms with van der Waals surface area (Å²) in [5, 5.41) is 0.304. The molecule has 3 rings (SSSR count). The van der Waals surface area contributed by atoms with E-state index in [4.69, 9.17) is 8.83 Å². The first-order valence-electron chi connectivity index (χ1n) is 4.38. The van der Waals surface area contributed by atoms with Gasteiger partial charge in [0.1, 0.15) is 16.7 Å². The molecule has 0 bridgehead atoms. The van der Waals surface area contributed by atoms with Crippen molar-refractivity contribution in [2.45, 2.75) is 6.18 Å². The molecule has 0 aliphatic rings. The fraction of sp³-hybridized carbons (Fsp3) is 0.100. The molecule has 3 aromatic rings. The summed E-state index contributed by atoms with van der Waals surface area (Å²) in [5.41, 5.74) is -0.594. The minimum Gasteiger partial charge on any atom is -0.464 e. The molecular formula is C10H4F3NO2. The lowest BCUT2D eigenvalue weighted by atomic mass is 10.1. The number of aromatic nitrogens is 1. The second kappa shape index (κ2) is 2.78. The lowest BCUT2D eigenvalue weighted by Gasteiger charge is -2.06. The zero-order valence-electron chi connectivity index (χ0n) is 7.71. The van der Waals surface area contributed by atoms with E-state index in [-0.39, 0.29) is 11.2 Å². The monoisotopic (exact) mass is 227 g/mol. The lowest BCUT2D eigenvalue weighted by molar-refractivity contribution is -0.136. The van der Waals surface area contributed by atoms with Crippen molar-refractivity contribution in [1.82, 2.24) is 4.98 Å². The molecule has 3 nitrogen and oxygen atoms in total. The molecule has 0 aliphatic heterocycles. The standard InChI is InChI=1S/C10H4F3NO2/c11-10(12,13)6-3-7-8(14-4-16-7)5-1-2-15-9(5)6/h1-4H. The van der Waals surface area contributed by atoms with E-state index in [0.717, 1.165) is 12.5 Å². The van der Waals surface area contributed by atoms with Gasteiger partial charge in [-0.1, -0.05) is 0 Å². The molecule has 0 saturated carbocycles. The van der Waals surface area contributed by atoms with Gasteiger partial charge in [-0.05, 0) is 12.1 Å². The van der Waals surface area contributed by atoms with E-state index in [2.05, 4.69) is 4.98 Å². The van der Waals surface area contributed by atoms with Crippen LogP contribution >= 0.6 is 0 Å². The number of benzene rings is 1. The smallest absolute Gasteiger partial charge is 0.420 e. The first kappa shape index (κ1) is 9.26. The van der Waals surface area contributed by atoms with E-state index < -0.39 is 11.7 Å². The number of rotatable bonds is 0. The van der Waals surface area contributed by atoms with Crippen molar-refractivity contribution in [2.75, 3.05) is 0 Å². The van der Waals surface area contributed by atoms with Gasteiger partial charge in [0, 0.05) is 0 Å². The highest BCUT2D eigenvalue weighted by Crippen LogP contribution is 2.38. The summed E-state index contributed by atoms with van der Waals surface area (Å²) in [4.78, 5) is 3.85. The molecule has 1 aromatic carbocycles. The Morgan fingerprint density at radius 3 is 2.75 bits per heavy atom. The number of halogens is 3. The number of hydrogen-bond donors (Lipinski definition) is 0. The molecule has 82 valence electrons. The summed E-state index contributed by atoms with van der Waals surface area (Å²) >= 11 is 0. The maximum atomic E-state index is 12.7. The Morgan fingerprint density at radius 2 is 2.00 bits per heavy atom. The number of oxazole rings is 1. The molecule has 0 atom stereocenters. The minimum absolute atomic E-state index is 0.0984. The highest BCUT2D eigenvalue weighted by molar-refractivity contribution is 6.02. The van der Waals surface area contributed by atoms with Crippen LogP contribution in [-0.2, 0) is 6.18 Å². The van der Waals surface area contributed by atoms with Crippen molar-refractivity contribution in [3.63, 3.8) is 0 Å². The number of hydrogen-bond acceptors (Lipinski definition) is 3. The molecule has 0 spiro atoms. The fourth-order valence-corrected chi connectivity index (χ4v) is 1.67. The normalized spacial score (nSPS) is 12.7. The Balaban J connectivity index is 2.53. The summed E-state index contributed by atoms with van der Waals surface area (Å²) in [5.74, 6) is 0. The van der Waals surface area contributed by atoms with Gasteiger partial charge in [0.2, 0.25) is 0 Å². The summed E-state index contributed by atoms with van der Waals surface area (Å²) < 4.78 is 47.9. The van der Waals surface area contributed by atoms with Crippen LogP contribution in [0.4, 0.5) is 13.2 Å². The van der Waals surface area contributed by atoms with Gasteiger partial charge < -0.3 is 8.83 Å². The van der Waals surface area contributed by atoms with Crippen molar-refractivity contribution in [1.29, 1.82) is 0 Å². The quantitative estimate of drug-likeness (QED) is 0.589. The van der Waals surface area contributed by atoms with E-state index in [1.807, 2.05) is 0 Å². The van der Waals surface area contributed by atoms with Crippen LogP contribution in [0.15, 0.2) is 33.6 Å². The molecule has 0 unspecified atom stereocenters. The third-order valence-corrected chi connectivity index (χ3v) is 2.34. The molecule has 0 amide bonds. The van der Waals surface area contributed by atoms with Crippen LogP contribution in [-0.4, -0.2) is 4.98 Å². The third kappa shape index (κ3) is 1.13. The Bertz CT molecular complexity index is 665. The number of nitrogens with zero attached hydrogens (tertiary/aromatic N) is 1. The lowest BCUT2D eigenvalue weighted by Crippen LogP contribution is -2.05. The van der Waals surface area contributed by atoms with Crippen LogP contribution in [0.3, 0.4) is 0 Å². The van der Waals surface area contributed by atoms with Gasteiger partial charge in [-0.2, -0.15) is 13.2 Å². The average molecular weight is 227 g/mol. The van der Waals surface area contributed by atoms with Crippen LogP contribution in [0.1, 0.15) is 5.56 Å². The zero-order chi connectivity index (χ0) is 11.3. The topological polar surface area (TPSA) is 39.2 Å². The Morgan fingerprint density at radius 1 is 1.19 bits per heavy atom. The Labute approximate surface area is 86.5 Å². The molecule has 0 radical (unpaired) electrons. The molecular weight excluding hydrogens is 223 g/mol. The highest BCUT2D eigenvalue weighted by atomic mass is 19.4. The van der Waals surface area contributed by atoms with Crippen LogP contribution in [0.5, 0.6) is 0 Å². The summed E-state index contributed by atoms with van der Waals surface area (Å²) in [6.07, 6.45) is -2.16. The summed E-state index contributed by atoms with van der Waals surface area (Å²) in [6.45, 7) is 0. The van der Waals surface area contributed by atoms with Gasteiger partial charge in [0.25, 0.3) is 0 Å². The van der Waals surface area contributed by atoms with Gasteiger partial charge in [-0.15, -0.1) is 0 Å². The molecule has 6 heteroatoms. The largest absolute Gasteiger partial charge is 0.464 e. The van der Waals surface area contributed by atoms with Crippen molar-refractivity contribution < 1.29 is 22.0 Å². The minimum atomic E-state index is -4.48. The van der Waals surface area contributed by atoms with Crippen LogP contribution < -0.4 is 0 Å². The van der Waals surface area contributed by atoms with Gasteiger partial charge in [0.05, 0.1) is 11.6 Å². The molecule has 0 fully saturated rings. The molecule has 0 N–H and O–H groups in total. The van der Waals surface area contributed by atoms with Gasteiger partial charge >= 0.3 is 6.18 Å². The zero-order valence-corrected chi connectivity index (χ0v) is 7.71. The van der Waals surface area contributed by atoms with Gasteiger partial charge in [-0.25, -0.2) is 4.98 Å². The maximum Gasteiger partial charge on any atom is 0.420 e. The average Bonchev–Trinajstić information content (AvgIpc) is 2.82. The van der Waals surface area contributed by atoms with E-state index in [1.54, 1.807) is 0 Å². The molecule has 2 heterocycles. The van der Waals surface area contributed by atoms with E-state index in [9.17, 15) is 13.2 Å². The predicted molar refractivity (Wildman–Crippen MR) is 48.8 cm³/mol. The predicted octanol–water partition coefficient (Wildman–Crippen LogP) is 3.59. The van der Waals surface area contributed by atoms with Crippen molar-refractivity contribution >= 4 is 22.1 Å². The number of furan rings is 1. The van der Waals surface area contributed by atoms with Crippen molar-refractivity contribution in [2.24, 2.45) is 0 Å². The second-order valence-corrected chi connectivity index (χ2v) is 3.28. The molecule has 0 saturated heterocycles.